The van der Waals surface area contributed by atoms with Crippen LogP contribution >= 0.6 is 0 Å². The van der Waals surface area contributed by atoms with E-state index in [0.29, 0.717) is 12.5 Å². The minimum Gasteiger partial charge on any atom is -0.353 e. The quantitative estimate of drug-likeness (QED) is 0.690. The lowest BCUT2D eigenvalue weighted by Gasteiger charge is -2.37. The maximum absolute atomic E-state index is 12.9. The van der Waals surface area contributed by atoms with Gasteiger partial charge in [0.25, 0.3) is 0 Å². The van der Waals surface area contributed by atoms with Gasteiger partial charge >= 0.3 is 0 Å². The molecule has 1 N–H and O–H groups in total. The smallest absolute Gasteiger partial charge is 0.236 e. The summed E-state index contributed by atoms with van der Waals surface area (Å²) in [5.41, 5.74) is 2.28. The molecule has 2 aromatic heterocycles. The molecule has 1 amide bonds. The molecule has 0 atom stereocenters. The molecular formula is C24H30N6O. The van der Waals surface area contributed by atoms with Gasteiger partial charge in [0, 0.05) is 45.5 Å². The van der Waals surface area contributed by atoms with Gasteiger partial charge in [-0.15, -0.1) is 0 Å². The molecule has 0 radical (unpaired) electrons. The fourth-order valence-electron chi connectivity index (χ4n) is 4.85. The summed E-state index contributed by atoms with van der Waals surface area (Å²) in [7, 11) is 0. The number of aromatic amines is 1. The molecule has 7 nitrogen and oxygen atoms in total. The number of nitrogens with one attached hydrogen (secondary N) is 1. The van der Waals surface area contributed by atoms with Crippen molar-refractivity contribution in [2.75, 3.05) is 50.7 Å². The molecule has 2 fully saturated rings. The SMILES string of the molecule is O=C(CN1CCN(c2ncnc3[nH]ccc23)CC1)N1CCC(Cc2ccccc2)CC1. The fourth-order valence-corrected chi connectivity index (χ4v) is 4.85. The molecule has 0 bridgehead atoms. The van der Waals surface area contributed by atoms with E-state index < -0.39 is 0 Å². The number of rotatable bonds is 5. The third kappa shape index (κ3) is 4.56. The van der Waals surface area contributed by atoms with E-state index in [0.717, 1.165) is 75.4 Å². The predicted molar refractivity (Wildman–Crippen MR) is 122 cm³/mol. The average Bonchev–Trinajstić information content (AvgIpc) is 3.30. The molecule has 0 spiro atoms. The van der Waals surface area contributed by atoms with Gasteiger partial charge in [0.2, 0.25) is 5.91 Å². The van der Waals surface area contributed by atoms with Crippen molar-refractivity contribution in [1.29, 1.82) is 0 Å². The minimum atomic E-state index is 0.279. The Hall–Kier alpha value is -2.93. The van der Waals surface area contributed by atoms with Crippen LogP contribution in [0.4, 0.5) is 5.82 Å². The third-order valence-corrected chi connectivity index (χ3v) is 6.70. The predicted octanol–water partition coefficient (Wildman–Crippen LogP) is 2.56. The first kappa shape index (κ1) is 20.0. The summed E-state index contributed by atoms with van der Waals surface area (Å²) < 4.78 is 0. The summed E-state index contributed by atoms with van der Waals surface area (Å²) in [6, 6.07) is 12.7. The van der Waals surface area contributed by atoms with Crippen LogP contribution in [0.3, 0.4) is 0 Å². The molecule has 31 heavy (non-hydrogen) atoms. The van der Waals surface area contributed by atoms with Crippen LogP contribution in [0.5, 0.6) is 0 Å². The Bertz CT molecular complexity index is 1000. The minimum absolute atomic E-state index is 0.279. The molecule has 2 aliphatic heterocycles. The summed E-state index contributed by atoms with van der Waals surface area (Å²) >= 11 is 0. The summed E-state index contributed by atoms with van der Waals surface area (Å²) in [4.78, 5) is 31.4. The number of hydrogen-bond donors (Lipinski definition) is 1. The Morgan fingerprint density at radius 2 is 1.74 bits per heavy atom. The van der Waals surface area contributed by atoms with Crippen LogP contribution in [0.25, 0.3) is 11.0 Å². The topological polar surface area (TPSA) is 68.4 Å². The molecule has 7 heteroatoms. The van der Waals surface area contributed by atoms with E-state index >= 15 is 0 Å². The first-order valence-electron chi connectivity index (χ1n) is 11.3. The number of carbonyl (C=O) groups excluding carboxylic acids is 1. The molecule has 2 saturated heterocycles. The van der Waals surface area contributed by atoms with E-state index in [9.17, 15) is 4.79 Å². The molecule has 162 valence electrons. The van der Waals surface area contributed by atoms with Crippen molar-refractivity contribution in [1.82, 2.24) is 24.8 Å². The van der Waals surface area contributed by atoms with Gasteiger partial charge in [0.1, 0.15) is 17.8 Å². The maximum atomic E-state index is 12.9. The summed E-state index contributed by atoms with van der Waals surface area (Å²) in [5, 5.41) is 1.06. The molecule has 3 aromatic rings. The molecule has 5 rings (SSSR count). The number of piperazine rings is 1. The summed E-state index contributed by atoms with van der Waals surface area (Å²) in [6.45, 7) is 5.83. The van der Waals surface area contributed by atoms with Crippen molar-refractivity contribution in [3.8, 4) is 0 Å². The van der Waals surface area contributed by atoms with Gasteiger partial charge in [0.15, 0.2) is 0 Å². The van der Waals surface area contributed by atoms with Gasteiger partial charge in [-0.25, -0.2) is 9.97 Å². The van der Waals surface area contributed by atoms with Gasteiger partial charge in [0.05, 0.1) is 11.9 Å². The Balaban J connectivity index is 1.09. The van der Waals surface area contributed by atoms with Crippen LogP contribution in [-0.4, -0.2) is 76.5 Å². The molecule has 0 saturated carbocycles. The van der Waals surface area contributed by atoms with Crippen LogP contribution in [0.2, 0.25) is 0 Å². The number of hydrogen-bond acceptors (Lipinski definition) is 5. The number of nitrogens with zero attached hydrogens (tertiary/aromatic N) is 5. The standard InChI is InChI=1S/C24H30N6O/c31-22(29-10-7-20(8-11-29)16-19-4-2-1-3-5-19)17-28-12-14-30(15-13-28)24-21-6-9-25-23(21)26-18-27-24/h1-6,9,18,20H,7-8,10-17H2,(H,25,26,27). The van der Waals surface area contributed by atoms with Crippen LogP contribution in [0.1, 0.15) is 18.4 Å². The van der Waals surface area contributed by atoms with Gasteiger partial charge in [-0.3, -0.25) is 9.69 Å². The lowest BCUT2D eigenvalue weighted by Crippen LogP contribution is -2.51. The first-order chi connectivity index (χ1) is 15.3. The monoisotopic (exact) mass is 418 g/mol. The zero-order valence-electron chi connectivity index (χ0n) is 17.9. The zero-order chi connectivity index (χ0) is 21.0. The van der Waals surface area contributed by atoms with E-state index in [1.807, 2.05) is 12.3 Å². The van der Waals surface area contributed by atoms with E-state index in [2.05, 4.69) is 60.0 Å². The number of piperidine rings is 1. The Kier molecular flexibility index (Phi) is 5.84. The van der Waals surface area contributed by atoms with E-state index in [1.165, 1.54) is 5.56 Å². The van der Waals surface area contributed by atoms with Gasteiger partial charge < -0.3 is 14.8 Å². The van der Waals surface area contributed by atoms with Crippen molar-refractivity contribution >= 4 is 22.8 Å². The van der Waals surface area contributed by atoms with Crippen molar-refractivity contribution in [3.05, 3.63) is 54.5 Å². The highest BCUT2D eigenvalue weighted by molar-refractivity contribution is 5.87. The number of fused-ring (bicyclic) bond motifs is 1. The largest absolute Gasteiger partial charge is 0.353 e. The molecule has 0 unspecified atom stereocenters. The Morgan fingerprint density at radius 1 is 0.968 bits per heavy atom. The number of likely N-dealkylation sites (tertiary alicyclic amines) is 1. The van der Waals surface area contributed by atoms with Gasteiger partial charge in [-0.05, 0) is 36.8 Å². The highest BCUT2D eigenvalue weighted by Gasteiger charge is 2.26. The number of H-pyrrole nitrogens is 1. The third-order valence-electron chi connectivity index (χ3n) is 6.70. The lowest BCUT2D eigenvalue weighted by atomic mass is 9.90. The Morgan fingerprint density at radius 3 is 2.52 bits per heavy atom. The highest BCUT2D eigenvalue weighted by Crippen LogP contribution is 2.24. The number of benzene rings is 1. The normalized spacial score (nSPS) is 18.6. The van der Waals surface area contributed by atoms with Crippen LogP contribution in [0, 0.1) is 5.92 Å². The fraction of sp³-hybridized carbons (Fsp3) is 0.458. The van der Waals surface area contributed by atoms with Gasteiger partial charge in [-0.2, -0.15) is 0 Å². The van der Waals surface area contributed by atoms with Crippen LogP contribution in [-0.2, 0) is 11.2 Å². The van der Waals surface area contributed by atoms with Crippen molar-refractivity contribution in [2.45, 2.75) is 19.3 Å². The molecule has 1 aromatic carbocycles. The molecule has 0 aliphatic carbocycles. The second-order valence-corrected chi connectivity index (χ2v) is 8.71. The van der Waals surface area contributed by atoms with Crippen LogP contribution in [0.15, 0.2) is 48.9 Å². The number of amides is 1. The number of aromatic nitrogens is 3. The van der Waals surface area contributed by atoms with E-state index in [1.54, 1.807) is 6.33 Å². The van der Waals surface area contributed by atoms with Crippen molar-refractivity contribution in [2.24, 2.45) is 5.92 Å². The lowest BCUT2D eigenvalue weighted by molar-refractivity contribution is -0.133. The van der Waals surface area contributed by atoms with Crippen molar-refractivity contribution < 1.29 is 4.79 Å². The van der Waals surface area contributed by atoms with Crippen LogP contribution < -0.4 is 4.90 Å². The average molecular weight is 419 g/mol. The molecular weight excluding hydrogens is 388 g/mol. The zero-order valence-corrected chi connectivity index (χ0v) is 17.9. The Labute approximate surface area is 183 Å². The second-order valence-electron chi connectivity index (χ2n) is 8.71. The summed E-state index contributed by atoms with van der Waals surface area (Å²) in [5.74, 6) is 1.95. The first-order valence-corrected chi connectivity index (χ1v) is 11.3. The highest BCUT2D eigenvalue weighted by atomic mass is 16.2. The van der Waals surface area contributed by atoms with Crippen molar-refractivity contribution in [3.63, 3.8) is 0 Å². The number of anilines is 1. The maximum Gasteiger partial charge on any atom is 0.236 e. The second kappa shape index (κ2) is 9.06. The van der Waals surface area contributed by atoms with E-state index in [4.69, 9.17) is 0 Å². The summed E-state index contributed by atoms with van der Waals surface area (Å²) in [6.07, 6.45) is 6.86. The molecule has 4 heterocycles. The molecule has 2 aliphatic rings. The van der Waals surface area contributed by atoms with Gasteiger partial charge in [-0.1, -0.05) is 30.3 Å². The number of carbonyl (C=O) groups is 1. The van der Waals surface area contributed by atoms with E-state index in [-0.39, 0.29) is 5.91 Å².